The van der Waals surface area contributed by atoms with Crippen molar-refractivity contribution in [3.63, 3.8) is 0 Å². The Labute approximate surface area is 171 Å². The minimum Gasteiger partial charge on any atom is -0.343 e. The molecule has 29 heavy (non-hydrogen) atoms. The van der Waals surface area contributed by atoms with Gasteiger partial charge >= 0.3 is 0 Å². The van der Waals surface area contributed by atoms with Crippen LogP contribution in [0.2, 0.25) is 0 Å². The van der Waals surface area contributed by atoms with E-state index in [1.807, 2.05) is 32.0 Å². The molecule has 0 spiro atoms. The van der Waals surface area contributed by atoms with E-state index in [0.717, 1.165) is 17.1 Å². The first-order valence-electron chi connectivity index (χ1n) is 9.64. The van der Waals surface area contributed by atoms with E-state index in [9.17, 15) is 9.59 Å². The molecule has 0 aliphatic rings. The van der Waals surface area contributed by atoms with Crippen molar-refractivity contribution in [1.29, 1.82) is 0 Å². The summed E-state index contributed by atoms with van der Waals surface area (Å²) in [5.74, 6) is -0.150. The molecule has 3 rings (SSSR count). The highest BCUT2D eigenvalue weighted by atomic mass is 16.2. The number of pyridine rings is 1. The molecule has 0 atom stereocenters. The lowest BCUT2D eigenvalue weighted by molar-refractivity contribution is -0.115. The minimum atomic E-state index is -0.301. The summed E-state index contributed by atoms with van der Waals surface area (Å²) in [6, 6.07) is 13.7. The van der Waals surface area contributed by atoms with Crippen molar-refractivity contribution >= 4 is 17.5 Å². The predicted octanol–water partition coefficient (Wildman–Crippen LogP) is 3.98. The molecule has 3 aromatic rings. The lowest BCUT2D eigenvalue weighted by Gasteiger charge is -2.13. The molecule has 0 bridgehead atoms. The van der Waals surface area contributed by atoms with E-state index in [2.05, 4.69) is 46.2 Å². The van der Waals surface area contributed by atoms with E-state index in [1.54, 1.807) is 24.5 Å². The van der Waals surface area contributed by atoms with Gasteiger partial charge < -0.3 is 15.2 Å². The Kier molecular flexibility index (Phi) is 6.12. The summed E-state index contributed by atoms with van der Waals surface area (Å²) >= 11 is 0. The van der Waals surface area contributed by atoms with Crippen molar-refractivity contribution in [3.8, 4) is 5.69 Å². The number of rotatable bonds is 6. The predicted molar refractivity (Wildman–Crippen MR) is 115 cm³/mol. The average molecular weight is 390 g/mol. The summed E-state index contributed by atoms with van der Waals surface area (Å²) in [5, 5.41) is 5.40. The standard InChI is InChI=1S/C23H26N4O2/c1-15(2)18-7-5-9-20(12-18)27-16(3)11-21(17(27)4)23(29)25-14-22(28)26-19-8-6-10-24-13-19/h5-13,15H,14H2,1-4H3,(H,25,29)(H,26,28). The molecule has 0 unspecified atom stereocenters. The number of carbonyl (C=O) groups is 2. The van der Waals surface area contributed by atoms with E-state index in [-0.39, 0.29) is 18.4 Å². The first-order valence-corrected chi connectivity index (χ1v) is 9.64. The highest BCUT2D eigenvalue weighted by Crippen LogP contribution is 2.24. The van der Waals surface area contributed by atoms with Crippen molar-refractivity contribution in [2.45, 2.75) is 33.6 Å². The van der Waals surface area contributed by atoms with Crippen molar-refractivity contribution in [2.24, 2.45) is 0 Å². The molecule has 2 N–H and O–H groups in total. The van der Waals surface area contributed by atoms with Crippen LogP contribution in [0.4, 0.5) is 5.69 Å². The van der Waals surface area contributed by atoms with Crippen LogP contribution in [-0.4, -0.2) is 27.9 Å². The molecule has 2 heterocycles. The maximum absolute atomic E-state index is 12.7. The van der Waals surface area contributed by atoms with Gasteiger partial charge in [-0.05, 0) is 55.7 Å². The van der Waals surface area contributed by atoms with E-state index in [4.69, 9.17) is 0 Å². The number of benzene rings is 1. The van der Waals surface area contributed by atoms with E-state index >= 15 is 0 Å². The number of carbonyl (C=O) groups excluding carboxylic acids is 2. The molecule has 6 nitrogen and oxygen atoms in total. The summed E-state index contributed by atoms with van der Waals surface area (Å²) in [5.41, 5.74) is 5.23. The molecule has 1 aromatic carbocycles. The molecular formula is C23H26N4O2. The molecule has 0 saturated heterocycles. The molecule has 0 fully saturated rings. The number of aryl methyl sites for hydroxylation is 1. The smallest absolute Gasteiger partial charge is 0.253 e. The average Bonchev–Trinajstić information content (AvgIpc) is 3.01. The lowest BCUT2D eigenvalue weighted by Crippen LogP contribution is -2.33. The van der Waals surface area contributed by atoms with E-state index in [1.165, 1.54) is 5.56 Å². The third-order valence-corrected chi connectivity index (χ3v) is 4.83. The molecule has 0 saturated carbocycles. The number of hydrogen-bond donors (Lipinski definition) is 2. The number of aromatic nitrogens is 2. The Hall–Kier alpha value is -3.41. The summed E-state index contributed by atoms with van der Waals surface area (Å²) in [6.45, 7) is 8.09. The summed E-state index contributed by atoms with van der Waals surface area (Å²) in [6.07, 6.45) is 3.18. The third kappa shape index (κ3) is 4.71. The lowest BCUT2D eigenvalue weighted by atomic mass is 10.0. The minimum absolute atomic E-state index is 0.111. The molecule has 0 aliphatic carbocycles. The van der Waals surface area contributed by atoms with Gasteiger partial charge in [-0.1, -0.05) is 26.0 Å². The van der Waals surface area contributed by atoms with Crippen LogP contribution in [0.15, 0.2) is 54.9 Å². The van der Waals surface area contributed by atoms with Crippen LogP contribution in [0.25, 0.3) is 5.69 Å². The van der Waals surface area contributed by atoms with E-state index < -0.39 is 0 Å². The largest absolute Gasteiger partial charge is 0.343 e. The second-order valence-electron chi connectivity index (χ2n) is 7.34. The molecule has 6 heteroatoms. The molecule has 0 radical (unpaired) electrons. The summed E-state index contributed by atoms with van der Waals surface area (Å²) in [7, 11) is 0. The first-order chi connectivity index (χ1) is 13.9. The molecule has 150 valence electrons. The number of nitrogens with zero attached hydrogens (tertiary/aromatic N) is 2. The van der Waals surface area contributed by atoms with Gasteiger partial charge in [0.25, 0.3) is 5.91 Å². The van der Waals surface area contributed by atoms with Crippen LogP contribution < -0.4 is 10.6 Å². The topological polar surface area (TPSA) is 76.0 Å². The van der Waals surface area contributed by atoms with Crippen molar-refractivity contribution < 1.29 is 9.59 Å². The van der Waals surface area contributed by atoms with Crippen molar-refractivity contribution in [2.75, 3.05) is 11.9 Å². The van der Waals surface area contributed by atoms with Gasteiger partial charge in [0.05, 0.1) is 24.0 Å². The maximum Gasteiger partial charge on any atom is 0.253 e. The fourth-order valence-corrected chi connectivity index (χ4v) is 3.31. The number of anilines is 1. The van der Waals surface area contributed by atoms with Gasteiger partial charge in [0, 0.05) is 23.3 Å². The zero-order valence-corrected chi connectivity index (χ0v) is 17.2. The van der Waals surface area contributed by atoms with E-state index in [0.29, 0.717) is 17.2 Å². The van der Waals surface area contributed by atoms with Gasteiger partial charge in [0.2, 0.25) is 5.91 Å². The Morgan fingerprint density at radius 2 is 1.90 bits per heavy atom. The Bertz CT molecular complexity index is 1020. The number of amides is 2. The van der Waals surface area contributed by atoms with Gasteiger partial charge in [0.1, 0.15) is 0 Å². The Morgan fingerprint density at radius 3 is 2.59 bits per heavy atom. The van der Waals surface area contributed by atoms with Gasteiger partial charge in [-0.3, -0.25) is 14.6 Å². The SMILES string of the molecule is Cc1cc(C(=O)NCC(=O)Nc2cccnc2)c(C)n1-c1cccc(C(C)C)c1. The van der Waals surface area contributed by atoms with Crippen LogP contribution in [0.1, 0.15) is 47.1 Å². The van der Waals surface area contributed by atoms with Gasteiger partial charge in [-0.25, -0.2) is 0 Å². The quantitative estimate of drug-likeness (QED) is 0.668. The Morgan fingerprint density at radius 1 is 1.10 bits per heavy atom. The zero-order valence-electron chi connectivity index (χ0n) is 17.2. The van der Waals surface area contributed by atoms with Crippen molar-refractivity contribution in [1.82, 2.24) is 14.9 Å². The maximum atomic E-state index is 12.7. The van der Waals surface area contributed by atoms with Crippen LogP contribution >= 0.6 is 0 Å². The summed E-state index contributed by atoms with van der Waals surface area (Å²) in [4.78, 5) is 28.7. The highest BCUT2D eigenvalue weighted by Gasteiger charge is 2.17. The molecule has 2 amide bonds. The summed E-state index contributed by atoms with van der Waals surface area (Å²) < 4.78 is 2.07. The normalized spacial score (nSPS) is 10.8. The molecule has 0 aliphatic heterocycles. The second kappa shape index (κ2) is 8.73. The van der Waals surface area contributed by atoms with Crippen LogP contribution in [0, 0.1) is 13.8 Å². The van der Waals surface area contributed by atoms with Crippen LogP contribution in [-0.2, 0) is 4.79 Å². The third-order valence-electron chi connectivity index (χ3n) is 4.83. The van der Waals surface area contributed by atoms with Crippen LogP contribution in [0.3, 0.4) is 0 Å². The van der Waals surface area contributed by atoms with Gasteiger partial charge in [-0.2, -0.15) is 0 Å². The van der Waals surface area contributed by atoms with Gasteiger partial charge in [-0.15, -0.1) is 0 Å². The van der Waals surface area contributed by atoms with Gasteiger partial charge in [0.15, 0.2) is 0 Å². The fourth-order valence-electron chi connectivity index (χ4n) is 3.31. The monoisotopic (exact) mass is 390 g/mol. The zero-order chi connectivity index (χ0) is 21.0. The fraction of sp³-hybridized carbons (Fsp3) is 0.261. The molecular weight excluding hydrogens is 364 g/mol. The molecule has 2 aromatic heterocycles. The van der Waals surface area contributed by atoms with Crippen LogP contribution in [0.5, 0.6) is 0 Å². The van der Waals surface area contributed by atoms with Crippen molar-refractivity contribution in [3.05, 3.63) is 77.4 Å². The second-order valence-corrected chi connectivity index (χ2v) is 7.34. The highest BCUT2D eigenvalue weighted by molar-refractivity contribution is 6.00. The number of nitrogens with one attached hydrogen (secondary N) is 2. The first kappa shape index (κ1) is 20.3. The number of hydrogen-bond acceptors (Lipinski definition) is 3. The Balaban J connectivity index is 1.73.